The Bertz CT molecular complexity index is 407. The van der Waals surface area contributed by atoms with Crippen molar-refractivity contribution in [2.75, 3.05) is 45.5 Å². The Morgan fingerprint density at radius 3 is 2.62 bits per heavy atom. The fourth-order valence-corrected chi connectivity index (χ4v) is 2.38. The van der Waals surface area contributed by atoms with Gasteiger partial charge in [-0.2, -0.15) is 0 Å². The summed E-state index contributed by atoms with van der Waals surface area (Å²) < 4.78 is 10.5. The largest absolute Gasteiger partial charge is 0.394 e. The van der Waals surface area contributed by atoms with Crippen LogP contribution in [0.4, 0.5) is 5.69 Å². The zero-order chi connectivity index (χ0) is 15.3. The van der Waals surface area contributed by atoms with Crippen LogP contribution in [0, 0.1) is 0 Å². The topological polar surface area (TPSA) is 80.3 Å². The molecule has 6 nitrogen and oxygen atoms in total. The number of thioether (sulfide) groups is 1. The SMILES string of the molecule is C=Nc1ccccc1SCN(N)CCOCCOCCO. The Morgan fingerprint density at radius 2 is 1.90 bits per heavy atom. The maximum absolute atomic E-state index is 8.53. The van der Waals surface area contributed by atoms with Crippen LogP contribution in [0.15, 0.2) is 34.2 Å². The molecule has 1 rings (SSSR count). The van der Waals surface area contributed by atoms with Crippen LogP contribution in [-0.4, -0.2) is 62.3 Å². The molecular weight excluding hydrogens is 290 g/mol. The summed E-state index contributed by atoms with van der Waals surface area (Å²) in [5.74, 6) is 6.55. The quantitative estimate of drug-likeness (QED) is 0.151. The molecule has 1 aromatic carbocycles. The van der Waals surface area contributed by atoms with Gasteiger partial charge in [-0.25, -0.2) is 5.01 Å². The minimum Gasteiger partial charge on any atom is -0.394 e. The average molecular weight is 313 g/mol. The van der Waals surface area contributed by atoms with Crippen LogP contribution in [0.3, 0.4) is 0 Å². The molecule has 7 heteroatoms. The molecule has 0 radical (unpaired) electrons. The Labute approximate surface area is 129 Å². The molecule has 3 N–H and O–H groups in total. The smallest absolute Gasteiger partial charge is 0.0758 e. The number of aliphatic imine (C=N–C) groups is 1. The maximum atomic E-state index is 8.53. The number of ether oxygens (including phenoxy) is 2. The predicted octanol–water partition coefficient (Wildman–Crippen LogP) is 1.27. The molecule has 0 aliphatic heterocycles. The van der Waals surface area contributed by atoms with Crippen molar-refractivity contribution in [3.63, 3.8) is 0 Å². The van der Waals surface area contributed by atoms with Crippen molar-refractivity contribution >= 4 is 24.2 Å². The van der Waals surface area contributed by atoms with Gasteiger partial charge in [-0.05, 0) is 18.9 Å². The molecule has 0 aliphatic rings. The monoisotopic (exact) mass is 313 g/mol. The first kappa shape index (κ1) is 18.1. The van der Waals surface area contributed by atoms with E-state index in [-0.39, 0.29) is 6.61 Å². The van der Waals surface area contributed by atoms with Crippen LogP contribution in [0.5, 0.6) is 0 Å². The van der Waals surface area contributed by atoms with E-state index in [0.717, 1.165) is 10.6 Å². The van der Waals surface area contributed by atoms with Gasteiger partial charge in [0.2, 0.25) is 0 Å². The van der Waals surface area contributed by atoms with E-state index in [4.69, 9.17) is 20.4 Å². The third-order valence-electron chi connectivity index (χ3n) is 2.55. The molecule has 0 heterocycles. The van der Waals surface area contributed by atoms with Crippen molar-refractivity contribution in [3.8, 4) is 0 Å². The van der Waals surface area contributed by atoms with Gasteiger partial charge < -0.3 is 14.6 Å². The summed E-state index contributed by atoms with van der Waals surface area (Å²) >= 11 is 1.61. The maximum Gasteiger partial charge on any atom is 0.0758 e. The summed E-state index contributed by atoms with van der Waals surface area (Å²) in [6, 6.07) is 7.82. The van der Waals surface area contributed by atoms with E-state index in [2.05, 4.69) is 11.7 Å². The predicted molar refractivity (Wildman–Crippen MR) is 86.0 cm³/mol. The van der Waals surface area contributed by atoms with Crippen molar-refractivity contribution in [1.82, 2.24) is 5.01 Å². The van der Waals surface area contributed by atoms with Gasteiger partial charge in [-0.15, -0.1) is 11.8 Å². The lowest BCUT2D eigenvalue weighted by Gasteiger charge is -2.16. The summed E-state index contributed by atoms with van der Waals surface area (Å²) in [6.45, 7) is 6.10. The summed E-state index contributed by atoms with van der Waals surface area (Å²) in [7, 11) is 0. The third kappa shape index (κ3) is 8.15. The average Bonchev–Trinajstić information content (AvgIpc) is 2.52. The highest BCUT2D eigenvalue weighted by molar-refractivity contribution is 7.99. The zero-order valence-electron chi connectivity index (χ0n) is 12.1. The van der Waals surface area contributed by atoms with Crippen molar-refractivity contribution in [1.29, 1.82) is 0 Å². The summed E-state index contributed by atoms with van der Waals surface area (Å²) in [6.07, 6.45) is 0. The van der Waals surface area contributed by atoms with Gasteiger partial charge in [-0.3, -0.25) is 10.8 Å². The summed E-state index contributed by atoms with van der Waals surface area (Å²) in [4.78, 5) is 5.03. The van der Waals surface area contributed by atoms with Gasteiger partial charge in [0.25, 0.3) is 0 Å². The van der Waals surface area contributed by atoms with Crippen molar-refractivity contribution in [3.05, 3.63) is 24.3 Å². The minimum atomic E-state index is 0.0365. The number of hydrogen-bond acceptors (Lipinski definition) is 7. The molecule has 0 spiro atoms. The van der Waals surface area contributed by atoms with E-state index in [1.165, 1.54) is 0 Å². The van der Waals surface area contributed by atoms with Crippen LogP contribution in [-0.2, 0) is 9.47 Å². The molecule has 0 atom stereocenters. The summed E-state index contributed by atoms with van der Waals surface area (Å²) in [5.41, 5.74) is 0.869. The Kier molecular flexibility index (Phi) is 10.1. The molecule has 0 saturated carbocycles. The lowest BCUT2D eigenvalue weighted by molar-refractivity contribution is 0.0278. The van der Waals surface area contributed by atoms with Gasteiger partial charge in [0.15, 0.2) is 0 Å². The first-order valence-corrected chi connectivity index (χ1v) is 7.71. The highest BCUT2D eigenvalue weighted by Crippen LogP contribution is 2.28. The molecule has 0 fully saturated rings. The molecular formula is C14H23N3O3S. The molecule has 118 valence electrons. The van der Waals surface area contributed by atoms with E-state index in [1.54, 1.807) is 16.8 Å². The Balaban J connectivity index is 2.11. The third-order valence-corrected chi connectivity index (χ3v) is 3.67. The van der Waals surface area contributed by atoms with E-state index < -0.39 is 0 Å². The second-order valence-corrected chi connectivity index (χ2v) is 5.15. The first-order chi connectivity index (χ1) is 10.3. The minimum absolute atomic E-state index is 0.0365. The number of nitrogens with zero attached hydrogens (tertiary/aromatic N) is 2. The zero-order valence-corrected chi connectivity index (χ0v) is 12.9. The van der Waals surface area contributed by atoms with Gasteiger partial charge in [0.1, 0.15) is 0 Å². The van der Waals surface area contributed by atoms with Gasteiger partial charge >= 0.3 is 0 Å². The van der Waals surface area contributed by atoms with Crippen molar-refractivity contribution < 1.29 is 14.6 Å². The van der Waals surface area contributed by atoms with Crippen LogP contribution < -0.4 is 5.84 Å². The van der Waals surface area contributed by atoms with Crippen molar-refractivity contribution in [2.45, 2.75) is 4.90 Å². The molecule has 0 unspecified atom stereocenters. The van der Waals surface area contributed by atoms with E-state index in [0.29, 0.717) is 38.8 Å². The molecule has 0 amide bonds. The number of hydrazine groups is 1. The second-order valence-electron chi connectivity index (χ2n) is 4.16. The molecule has 0 aliphatic carbocycles. The lowest BCUT2D eigenvalue weighted by Crippen LogP contribution is -2.34. The van der Waals surface area contributed by atoms with Crippen LogP contribution in [0.2, 0.25) is 0 Å². The number of aliphatic hydroxyl groups is 1. The molecule has 21 heavy (non-hydrogen) atoms. The van der Waals surface area contributed by atoms with Crippen LogP contribution >= 0.6 is 11.8 Å². The standard InChI is InChI=1S/C14H23N3O3S/c1-16-13-4-2-3-5-14(13)21-12-17(15)6-8-19-10-11-20-9-7-18/h2-5,18H,1,6-12,15H2. The molecule has 0 saturated heterocycles. The van der Waals surface area contributed by atoms with Crippen molar-refractivity contribution in [2.24, 2.45) is 10.8 Å². The van der Waals surface area contributed by atoms with E-state index in [1.807, 2.05) is 24.3 Å². The molecule has 0 aromatic heterocycles. The fourth-order valence-electron chi connectivity index (χ4n) is 1.50. The van der Waals surface area contributed by atoms with E-state index >= 15 is 0 Å². The number of para-hydroxylation sites is 1. The second kappa shape index (κ2) is 11.7. The number of hydrogen-bond donors (Lipinski definition) is 2. The number of aliphatic hydroxyl groups excluding tert-OH is 1. The van der Waals surface area contributed by atoms with Crippen LogP contribution in [0.1, 0.15) is 0 Å². The number of benzene rings is 1. The van der Waals surface area contributed by atoms with Gasteiger partial charge in [-0.1, -0.05) is 12.1 Å². The highest BCUT2D eigenvalue weighted by Gasteiger charge is 2.04. The number of rotatable bonds is 12. The number of nitrogens with two attached hydrogens (primary N) is 1. The van der Waals surface area contributed by atoms with Gasteiger partial charge in [0, 0.05) is 11.4 Å². The van der Waals surface area contributed by atoms with Crippen LogP contribution in [0.25, 0.3) is 0 Å². The van der Waals surface area contributed by atoms with E-state index in [9.17, 15) is 0 Å². The Morgan fingerprint density at radius 1 is 1.19 bits per heavy atom. The highest BCUT2D eigenvalue weighted by atomic mass is 32.2. The fraction of sp³-hybridized carbons (Fsp3) is 0.500. The molecule has 1 aromatic rings. The first-order valence-electron chi connectivity index (χ1n) is 6.72. The normalized spacial score (nSPS) is 11.0. The molecule has 0 bridgehead atoms. The Hall–Kier alpha value is -0.960. The lowest BCUT2D eigenvalue weighted by atomic mass is 10.3. The van der Waals surface area contributed by atoms with Gasteiger partial charge in [0.05, 0.1) is 44.6 Å². The summed E-state index contributed by atoms with van der Waals surface area (Å²) in [5, 5.41) is 10.2.